The van der Waals surface area contributed by atoms with Gasteiger partial charge in [0.1, 0.15) is 0 Å². The molecule has 0 saturated heterocycles. The van der Waals surface area contributed by atoms with Crippen molar-refractivity contribution in [3.05, 3.63) is 48.6 Å². The van der Waals surface area contributed by atoms with Gasteiger partial charge in [0.05, 0.1) is 25.4 Å². The molecule has 0 amide bonds. The van der Waals surface area contributed by atoms with Crippen LogP contribution in [0, 0.1) is 0 Å². The molecule has 0 spiro atoms. The van der Waals surface area contributed by atoms with E-state index in [9.17, 15) is 0 Å². The summed E-state index contributed by atoms with van der Waals surface area (Å²) in [5, 5.41) is 0. The standard InChI is InChI=1S/C14H18O2/c1-2-8-15-13-9-14(10-13)16-11-12-6-4-3-5-7-12/h2-7,13-14H,1,8-11H2/t13-,14+. The Hall–Kier alpha value is -1.12. The number of hydrogen-bond acceptors (Lipinski definition) is 2. The molecule has 1 aliphatic rings. The Bertz CT molecular complexity index is 315. The van der Waals surface area contributed by atoms with Gasteiger partial charge in [0.2, 0.25) is 0 Å². The summed E-state index contributed by atoms with van der Waals surface area (Å²) in [6.45, 7) is 4.99. The molecule has 2 heteroatoms. The van der Waals surface area contributed by atoms with Crippen molar-refractivity contribution in [1.29, 1.82) is 0 Å². The van der Waals surface area contributed by atoms with E-state index in [1.807, 2.05) is 18.2 Å². The van der Waals surface area contributed by atoms with E-state index in [2.05, 4.69) is 18.7 Å². The smallest absolute Gasteiger partial charge is 0.0720 e. The molecule has 0 heterocycles. The highest BCUT2D eigenvalue weighted by Crippen LogP contribution is 2.27. The van der Waals surface area contributed by atoms with E-state index < -0.39 is 0 Å². The van der Waals surface area contributed by atoms with E-state index in [0.717, 1.165) is 12.8 Å². The molecular formula is C14H18O2. The Morgan fingerprint density at radius 3 is 2.50 bits per heavy atom. The molecule has 0 N–H and O–H groups in total. The molecule has 0 atom stereocenters. The fourth-order valence-corrected chi connectivity index (χ4v) is 1.78. The molecule has 0 bridgehead atoms. The second kappa shape index (κ2) is 5.83. The first-order valence-corrected chi connectivity index (χ1v) is 5.76. The zero-order valence-electron chi connectivity index (χ0n) is 9.47. The van der Waals surface area contributed by atoms with Crippen molar-refractivity contribution >= 4 is 0 Å². The Balaban J connectivity index is 1.61. The molecule has 1 aromatic carbocycles. The summed E-state index contributed by atoms with van der Waals surface area (Å²) in [5.74, 6) is 0. The number of rotatable bonds is 6. The van der Waals surface area contributed by atoms with Crippen molar-refractivity contribution in [2.24, 2.45) is 0 Å². The summed E-state index contributed by atoms with van der Waals surface area (Å²) in [6, 6.07) is 10.3. The summed E-state index contributed by atoms with van der Waals surface area (Å²) in [6.07, 6.45) is 4.56. The number of hydrogen-bond donors (Lipinski definition) is 0. The molecule has 2 rings (SSSR count). The van der Waals surface area contributed by atoms with Gasteiger partial charge in [-0.25, -0.2) is 0 Å². The van der Waals surface area contributed by atoms with Crippen LogP contribution >= 0.6 is 0 Å². The van der Waals surface area contributed by atoms with Crippen LogP contribution in [-0.2, 0) is 16.1 Å². The largest absolute Gasteiger partial charge is 0.374 e. The lowest BCUT2D eigenvalue weighted by Gasteiger charge is -2.34. The van der Waals surface area contributed by atoms with E-state index >= 15 is 0 Å². The highest BCUT2D eigenvalue weighted by atomic mass is 16.5. The Kier molecular flexibility index (Phi) is 4.14. The van der Waals surface area contributed by atoms with Crippen LogP contribution in [0.4, 0.5) is 0 Å². The Labute approximate surface area is 96.9 Å². The number of benzene rings is 1. The third kappa shape index (κ3) is 3.19. The van der Waals surface area contributed by atoms with Crippen molar-refractivity contribution in [1.82, 2.24) is 0 Å². The van der Waals surface area contributed by atoms with Crippen molar-refractivity contribution in [2.75, 3.05) is 6.61 Å². The molecule has 1 saturated carbocycles. The van der Waals surface area contributed by atoms with Crippen LogP contribution in [0.5, 0.6) is 0 Å². The lowest BCUT2D eigenvalue weighted by atomic mass is 9.92. The van der Waals surface area contributed by atoms with E-state index in [1.54, 1.807) is 6.08 Å². The SMILES string of the molecule is C=CCO[C@H]1C[C@@H](OCc2ccccc2)C1. The van der Waals surface area contributed by atoms with Crippen LogP contribution in [0.1, 0.15) is 18.4 Å². The second-order valence-corrected chi connectivity index (χ2v) is 4.13. The summed E-state index contributed by atoms with van der Waals surface area (Å²) in [5.41, 5.74) is 1.23. The predicted octanol–water partition coefficient (Wildman–Crippen LogP) is 2.94. The van der Waals surface area contributed by atoms with Gasteiger partial charge in [-0.3, -0.25) is 0 Å². The van der Waals surface area contributed by atoms with Gasteiger partial charge in [0, 0.05) is 0 Å². The van der Waals surface area contributed by atoms with Gasteiger partial charge in [0.25, 0.3) is 0 Å². The zero-order valence-corrected chi connectivity index (χ0v) is 9.47. The van der Waals surface area contributed by atoms with Gasteiger partial charge in [-0.15, -0.1) is 6.58 Å². The molecule has 2 nitrogen and oxygen atoms in total. The minimum Gasteiger partial charge on any atom is -0.374 e. The average molecular weight is 218 g/mol. The summed E-state index contributed by atoms with van der Waals surface area (Å²) in [4.78, 5) is 0. The number of ether oxygens (including phenoxy) is 2. The first-order valence-electron chi connectivity index (χ1n) is 5.76. The van der Waals surface area contributed by atoms with Crippen LogP contribution in [0.2, 0.25) is 0 Å². The fourth-order valence-electron chi connectivity index (χ4n) is 1.78. The monoisotopic (exact) mass is 218 g/mol. The van der Waals surface area contributed by atoms with Gasteiger partial charge >= 0.3 is 0 Å². The van der Waals surface area contributed by atoms with Crippen LogP contribution < -0.4 is 0 Å². The van der Waals surface area contributed by atoms with E-state index in [0.29, 0.717) is 25.4 Å². The van der Waals surface area contributed by atoms with Crippen LogP contribution in [0.15, 0.2) is 43.0 Å². The maximum Gasteiger partial charge on any atom is 0.0720 e. The lowest BCUT2D eigenvalue weighted by Crippen LogP contribution is -2.37. The molecule has 0 aliphatic heterocycles. The highest BCUT2D eigenvalue weighted by molar-refractivity contribution is 5.13. The lowest BCUT2D eigenvalue weighted by molar-refractivity contribution is -0.101. The fraction of sp³-hybridized carbons (Fsp3) is 0.429. The first kappa shape index (κ1) is 11.4. The molecular weight excluding hydrogens is 200 g/mol. The van der Waals surface area contributed by atoms with Crippen molar-refractivity contribution in [2.45, 2.75) is 31.7 Å². The van der Waals surface area contributed by atoms with Gasteiger partial charge in [0.15, 0.2) is 0 Å². The maximum absolute atomic E-state index is 5.77. The summed E-state index contributed by atoms with van der Waals surface area (Å²) >= 11 is 0. The minimum atomic E-state index is 0.370. The molecule has 86 valence electrons. The quantitative estimate of drug-likeness (QED) is 0.683. The molecule has 16 heavy (non-hydrogen) atoms. The molecule has 0 radical (unpaired) electrons. The maximum atomic E-state index is 5.77. The van der Waals surface area contributed by atoms with Crippen molar-refractivity contribution in [3.63, 3.8) is 0 Å². The van der Waals surface area contributed by atoms with Gasteiger partial charge < -0.3 is 9.47 Å². The van der Waals surface area contributed by atoms with Gasteiger partial charge in [-0.1, -0.05) is 36.4 Å². The minimum absolute atomic E-state index is 0.370. The molecule has 1 aliphatic carbocycles. The van der Waals surface area contributed by atoms with Crippen molar-refractivity contribution < 1.29 is 9.47 Å². The normalized spacial score (nSPS) is 23.8. The summed E-state index contributed by atoms with van der Waals surface area (Å²) < 4.78 is 11.3. The first-order chi connectivity index (χ1) is 7.88. The molecule has 1 aromatic rings. The van der Waals surface area contributed by atoms with Crippen LogP contribution in [0.3, 0.4) is 0 Å². The van der Waals surface area contributed by atoms with Crippen LogP contribution in [-0.4, -0.2) is 18.8 Å². The molecule has 0 aromatic heterocycles. The van der Waals surface area contributed by atoms with Gasteiger partial charge in [-0.05, 0) is 18.4 Å². The predicted molar refractivity (Wildman–Crippen MR) is 64.2 cm³/mol. The Morgan fingerprint density at radius 1 is 1.12 bits per heavy atom. The third-order valence-electron chi connectivity index (χ3n) is 2.83. The van der Waals surface area contributed by atoms with E-state index in [4.69, 9.17) is 9.47 Å². The van der Waals surface area contributed by atoms with E-state index in [1.165, 1.54) is 5.56 Å². The second-order valence-electron chi connectivity index (χ2n) is 4.13. The Morgan fingerprint density at radius 2 is 1.81 bits per heavy atom. The highest BCUT2D eigenvalue weighted by Gasteiger charge is 2.30. The van der Waals surface area contributed by atoms with Crippen LogP contribution in [0.25, 0.3) is 0 Å². The van der Waals surface area contributed by atoms with Crippen molar-refractivity contribution in [3.8, 4) is 0 Å². The van der Waals surface area contributed by atoms with Gasteiger partial charge in [-0.2, -0.15) is 0 Å². The molecule has 0 unspecified atom stereocenters. The average Bonchev–Trinajstić information content (AvgIpc) is 2.28. The molecule has 1 fully saturated rings. The summed E-state index contributed by atoms with van der Waals surface area (Å²) in [7, 11) is 0. The zero-order chi connectivity index (χ0) is 11.2. The topological polar surface area (TPSA) is 18.5 Å². The third-order valence-corrected chi connectivity index (χ3v) is 2.83. The van der Waals surface area contributed by atoms with E-state index in [-0.39, 0.29) is 0 Å².